The van der Waals surface area contributed by atoms with E-state index in [0.29, 0.717) is 45.2 Å². The SMILES string of the molecule is CC(C)(C)c1nnnn1CCOc1ccc(S(=O)(=O)N2CCOCC2)cc1. The molecule has 0 aliphatic carbocycles. The van der Waals surface area contributed by atoms with Gasteiger partial charge in [-0.25, -0.2) is 13.1 Å². The van der Waals surface area contributed by atoms with Crippen LogP contribution in [0.15, 0.2) is 29.2 Å². The van der Waals surface area contributed by atoms with Gasteiger partial charge in [0.15, 0.2) is 5.82 Å². The van der Waals surface area contributed by atoms with Crippen molar-refractivity contribution in [3.8, 4) is 5.75 Å². The lowest BCUT2D eigenvalue weighted by atomic mass is 9.96. The third kappa shape index (κ3) is 4.63. The molecule has 2 heterocycles. The molecule has 27 heavy (non-hydrogen) atoms. The van der Waals surface area contributed by atoms with Gasteiger partial charge in [-0.1, -0.05) is 20.8 Å². The summed E-state index contributed by atoms with van der Waals surface area (Å²) in [5, 5.41) is 11.8. The van der Waals surface area contributed by atoms with E-state index in [1.807, 2.05) is 20.8 Å². The summed E-state index contributed by atoms with van der Waals surface area (Å²) in [5.74, 6) is 1.39. The number of tetrazole rings is 1. The van der Waals surface area contributed by atoms with Crippen LogP contribution in [0.4, 0.5) is 0 Å². The van der Waals surface area contributed by atoms with Gasteiger partial charge in [-0.2, -0.15) is 4.31 Å². The van der Waals surface area contributed by atoms with Crippen LogP contribution in [0.5, 0.6) is 5.75 Å². The van der Waals surface area contributed by atoms with E-state index in [4.69, 9.17) is 9.47 Å². The Balaban J connectivity index is 1.59. The maximum Gasteiger partial charge on any atom is 0.243 e. The zero-order valence-electron chi connectivity index (χ0n) is 15.8. The molecule has 0 radical (unpaired) electrons. The van der Waals surface area contributed by atoms with E-state index in [1.165, 1.54) is 4.31 Å². The molecule has 1 fully saturated rings. The Morgan fingerprint density at radius 1 is 1.15 bits per heavy atom. The highest BCUT2D eigenvalue weighted by Gasteiger charge is 2.26. The van der Waals surface area contributed by atoms with E-state index in [-0.39, 0.29) is 10.3 Å². The average molecular weight is 395 g/mol. The average Bonchev–Trinajstić information content (AvgIpc) is 3.12. The highest BCUT2D eigenvalue weighted by Crippen LogP contribution is 2.21. The number of rotatable bonds is 6. The molecule has 148 valence electrons. The van der Waals surface area contributed by atoms with Gasteiger partial charge in [0, 0.05) is 18.5 Å². The fourth-order valence-electron chi connectivity index (χ4n) is 2.79. The van der Waals surface area contributed by atoms with Crippen LogP contribution in [0.3, 0.4) is 0 Å². The first-order chi connectivity index (χ1) is 12.8. The lowest BCUT2D eigenvalue weighted by molar-refractivity contribution is 0.0730. The first-order valence-corrected chi connectivity index (χ1v) is 10.3. The second-order valence-corrected chi connectivity index (χ2v) is 9.25. The van der Waals surface area contributed by atoms with E-state index < -0.39 is 10.0 Å². The van der Waals surface area contributed by atoms with Gasteiger partial charge in [0.25, 0.3) is 0 Å². The van der Waals surface area contributed by atoms with Gasteiger partial charge in [-0.15, -0.1) is 5.10 Å². The zero-order valence-corrected chi connectivity index (χ0v) is 16.6. The highest BCUT2D eigenvalue weighted by molar-refractivity contribution is 7.89. The third-order valence-corrected chi connectivity index (χ3v) is 6.12. The van der Waals surface area contributed by atoms with Crippen LogP contribution in [0.1, 0.15) is 26.6 Å². The molecule has 1 aromatic carbocycles. The Kier molecular flexibility index (Phi) is 5.78. The van der Waals surface area contributed by atoms with Crippen molar-refractivity contribution in [3.05, 3.63) is 30.1 Å². The Bertz CT molecular complexity index is 852. The predicted molar refractivity (Wildman–Crippen MR) is 98.0 cm³/mol. The van der Waals surface area contributed by atoms with Crippen molar-refractivity contribution in [2.45, 2.75) is 37.6 Å². The first-order valence-electron chi connectivity index (χ1n) is 8.86. The van der Waals surface area contributed by atoms with Crippen molar-refractivity contribution in [3.63, 3.8) is 0 Å². The lowest BCUT2D eigenvalue weighted by Crippen LogP contribution is -2.40. The van der Waals surface area contributed by atoms with Gasteiger partial charge in [-0.3, -0.25) is 0 Å². The number of ether oxygens (including phenoxy) is 2. The van der Waals surface area contributed by atoms with Crippen LogP contribution in [0, 0.1) is 0 Å². The van der Waals surface area contributed by atoms with Gasteiger partial charge in [0.05, 0.1) is 24.7 Å². The Morgan fingerprint density at radius 2 is 1.81 bits per heavy atom. The second-order valence-electron chi connectivity index (χ2n) is 7.31. The molecule has 3 rings (SSSR count). The largest absolute Gasteiger partial charge is 0.492 e. The molecule has 0 N–H and O–H groups in total. The number of morpholine rings is 1. The van der Waals surface area contributed by atoms with E-state index >= 15 is 0 Å². The zero-order chi connectivity index (χ0) is 19.5. The van der Waals surface area contributed by atoms with Crippen LogP contribution in [-0.4, -0.2) is 65.8 Å². The lowest BCUT2D eigenvalue weighted by Gasteiger charge is -2.26. The van der Waals surface area contributed by atoms with Crippen molar-refractivity contribution in [2.75, 3.05) is 32.9 Å². The predicted octanol–water partition coefficient (Wildman–Crippen LogP) is 1.07. The molecule has 1 aromatic heterocycles. The van der Waals surface area contributed by atoms with Gasteiger partial charge in [0.2, 0.25) is 10.0 Å². The molecular weight excluding hydrogens is 370 g/mol. The summed E-state index contributed by atoms with van der Waals surface area (Å²) >= 11 is 0. The monoisotopic (exact) mass is 395 g/mol. The minimum atomic E-state index is -3.49. The van der Waals surface area contributed by atoms with Crippen LogP contribution >= 0.6 is 0 Å². The number of sulfonamides is 1. The summed E-state index contributed by atoms with van der Waals surface area (Å²) in [6.45, 7) is 8.63. The molecule has 2 aromatic rings. The molecule has 0 saturated carbocycles. The molecule has 1 saturated heterocycles. The molecule has 0 bridgehead atoms. The molecule has 0 atom stereocenters. The minimum absolute atomic E-state index is 0.154. The fourth-order valence-corrected chi connectivity index (χ4v) is 4.19. The first kappa shape index (κ1) is 19.7. The molecule has 0 amide bonds. The number of hydrogen-bond donors (Lipinski definition) is 0. The number of nitrogens with zero attached hydrogens (tertiary/aromatic N) is 5. The summed E-state index contributed by atoms with van der Waals surface area (Å²) in [6, 6.07) is 6.46. The number of benzene rings is 1. The van der Waals surface area contributed by atoms with Crippen LogP contribution in [-0.2, 0) is 26.7 Å². The van der Waals surface area contributed by atoms with Crippen molar-refractivity contribution < 1.29 is 17.9 Å². The van der Waals surface area contributed by atoms with Gasteiger partial charge in [0.1, 0.15) is 12.4 Å². The smallest absolute Gasteiger partial charge is 0.243 e. The third-order valence-electron chi connectivity index (χ3n) is 4.21. The summed E-state index contributed by atoms with van der Waals surface area (Å²) < 4.78 is 39.3. The summed E-state index contributed by atoms with van der Waals surface area (Å²) in [5.41, 5.74) is -0.154. The molecular formula is C17H25N5O4S. The van der Waals surface area contributed by atoms with Crippen molar-refractivity contribution in [2.24, 2.45) is 0 Å². The molecule has 0 spiro atoms. The van der Waals surface area contributed by atoms with Crippen LogP contribution in [0.25, 0.3) is 0 Å². The van der Waals surface area contributed by atoms with E-state index in [2.05, 4.69) is 15.5 Å². The summed E-state index contributed by atoms with van der Waals surface area (Å²) in [6.07, 6.45) is 0. The standard InChI is InChI=1S/C17H25N5O4S/c1-17(2,3)16-18-19-20-22(16)10-13-26-14-4-6-15(7-5-14)27(23,24)21-8-11-25-12-9-21/h4-7H,8-13H2,1-3H3. The van der Waals surface area contributed by atoms with Crippen LogP contribution in [0.2, 0.25) is 0 Å². The normalized spacial score (nSPS) is 16.4. The number of hydrogen-bond acceptors (Lipinski definition) is 7. The van der Waals surface area contributed by atoms with Gasteiger partial charge >= 0.3 is 0 Å². The molecule has 9 nitrogen and oxygen atoms in total. The number of aromatic nitrogens is 4. The maximum atomic E-state index is 12.6. The van der Waals surface area contributed by atoms with E-state index in [9.17, 15) is 8.42 Å². The van der Waals surface area contributed by atoms with Crippen LogP contribution < -0.4 is 4.74 Å². The maximum absolute atomic E-state index is 12.6. The molecule has 10 heteroatoms. The van der Waals surface area contributed by atoms with Crippen molar-refractivity contribution in [1.29, 1.82) is 0 Å². The Morgan fingerprint density at radius 3 is 2.44 bits per heavy atom. The Labute approximate surface area is 159 Å². The minimum Gasteiger partial charge on any atom is -0.492 e. The quantitative estimate of drug-likeness (QED) is 0.721. The highest BCUT2D eigenvalue weighted by atomic mass is 32.2. The second kappa shape index (κ2) is 7.91. The molecule has 0 unspecified atom stereocenters. The molecule has 1 aliphatic heterocycles. The van der Waals surface area contributed by atoms with Gasteiger partial charge in [-0.05, 0) is 34.7 Å². The fraction of sp³-hybridized carbons (Fsp3) is 0.588. The van der Waals surface area contributed by atoms with Gasteiger partial charge < -0.3 is 9.47 Å². The topological polar surface area (TPSA) is 99.4 Å². The van der Waals surface area contributed by atoms with E-state index in [0.717, 1.165) is 5.82 Å². The molecule has 1 aliphatic rings. The van der Waals surface area contributed by atoms with E-state index in [1.54, 1.807) is 28.9 Å². The van der Waals surface area contributed by atoms with Crippen molar-refractivity contribution in [1.82, 2.24) is 24.5 Å². The Hall–Kier alpha value is -2.04. The van der Waals surface area contributed by atoms with Crippen molar-refractivity contribution >= 4 is 10.0 Å². The summed E-state index contributed by atoms with van der Waals surface area (Å²) in [7, 11) is -3.49. The summed E-state index contributed by atoms with van der Waals surface area (Å²) in [4.78, 5) is 0.257.